The Morgan fingerprint density at radius 2 is 2.17 bits per heavy atom. The molecule has 0 aliphatic rings. The maximum atomic E-state index is 4.98. The molecule has 1 rings (SSSR count). The van der Waals surface area contributed by atoms with Gasteiger partial charge in [-0.05, 0) is 12.3 Å². The molecule has 0 bridgehead atoms. The molecular formula is C9H16N2O. The molecular weight excluding hydrogens is 152 g/mol. The van der Waals surface area contributed by atoms with Crippen molar-refractivity contribution in [2.24, 2.45) is 5.92 Å². The third-order valence-corrected chi connectivity index (χ3v) is 1.76. The Bertz CT molecular complexity index is 230. The number of aromatic nitrogens is 2. The second-order valence-electron chi connectivity index (χ2n) is 3.39. The molecule has 0 fully saturated rings. The van der Waals surface area contributed by atoms with Crippen LogP contribution in [0.5, 0.6) is 0 Å². The highest BCUT2D eigenvalue weighted by Crippen LogP contribution is 2.06. The van der Waals surface area contributed by atoms with Crippen molar-refractivity contribution in [3.05, 3.63) is 11.7 Å². The summed E-state index contributed by atoms with van der Waals surface area (Å²) >= 11 is 0. The summed E-state index contributed by atoms with van der Waals surface area (Å²) in [4.78, 5) is 4.22. The molecule has 68 valence electrons. The van der Waals surface area contributed by atoms with E-state index in [2.05, 4.69) is 24.0 Å². The molecule has 0 saturated heterocycles. The van der Waals surface area contributed by atoms with Gasteiger partial charge in [-0.2, -0.15) is 4.98 Å². The monoisotopic (exact) mass is 168 g/mol. The number of aryl methyl sites for hydroxylation is 2. The van der Waals surface area contributed by atoms with Crippen LogP contribution >= 0.6 is 0 Å². The van der Waals surface area contributed by atoms with Gasteiger partial charge in [-0.3, -0.25) is 0 Å². The lowest BCUT2D eigenvalue weighted by Gasteiger charge is -1.98. The van der Waals surface area contributed by atoms with Crippen LogP contribution in [0.2, 0.25) is 0 Å². The zero-order valence-electron chi connectivity index (χ0n) is 8.00. The van der Waals surface area contributed by atoms with Crippen LogP contribution in [0, 0.1) is 5.92 Å². The van der Waals surface area contributed by atoms with Crippen LogP contribution in [0.4, 0.5) is 0 Å². The molecule has 0 unspecified atom stereocenters. The van der Waals surface area contributed by atoms with E-state index in [4.69, 9.17) is 4.52 Å². The van der Waals surface area contributed by atoms with Gasteiger partial charge in [0, 0.05) is 12.8 Å². The Labute approximate surface area is 73.2 Å². The molecule has 0 aliphatic carbocycles. The fourth-order valence-electron chi connectivity index (χ4n) is 0.953. The van der Waals surface area contributed by atoms with Gasteiger partial charge in [-0.25, -0.2) is 0 Å². The predicted molar refractivity (Wildman–Crippen MR) is 46.8 cm³/mol. The van der Waals surface area contributed by atoms with Gasteiger partial charge in [0.1, 0.15) is 0 Å². The van der Waals surface area contributed by atoms with Crippen molar-refractivity contribution >= 4 is 0 Å². The summed E-state index contributed by atoms with van der Waals surface area (Å²) in [5.41, 5.74) is 0. The maximum absolute atomic E-state index is 4.98. The van der Waals surface area contributed by atoms with E-state index in [-0.39, 0.29) is 0 Å². The van der Waals surface area contributed by atoms with Gasteiger partial charge in [-0.1, -0.05) is 25.9 Å². The number of hydrogen-bond acceptors (Lipinski definition) is 3. The zero-order valence-corrected chi connectivity index (χ0v) is 8.00. The first-order chi connectivity index (χ1) is 5.72. The molecule has 3 nitrogen and oxygen atoms in total. The van der Waals surface area contributed by atoms with Gasteiger partial charge in [0.05, 0.1) is 0 Å². The summed E-state index contributed by atoms with van der Waals surface area (Å²) in [6.07, 6.45) is 2.89. The van der Waals surface area contributed by atoms with Gasteiger partial charge in [0.15, 0.2) is 5.82 Å². The van der Waals surface area contributed by atoms with Crippen LogP contribution in [-0.2, 0) is 12.8 Å². The summed E-state index contributed by atoms with van der Waals surface area (Å²) < 4.78 is 4.98. The average molecular weight is 168 g/mol. The fraction of sp³-hybridized carbons (Fsp3) is 0.778. The normalized spacial score (nSPS) is 11.0. The molecule has 3 heteroatoms. The van der Waals surface area contributed by atoms with E-state index < -0.39 is 0 Å². The van der Waals surface area contributed by atoms with E-state index in [0.717, 1.165) is 31.0 Å². The van der Waals surface area contributed by atoms with Crippen LogP contribution in [0.1, 0.15) is 38.9 Å². The molecule has 0 spiro atoms. The van der Waals surface area contributed by atoms with E-state index in [1.807, 2.05) is 6.92 Å². The summed E-state index contributed by atoms with van der Waals surface area (Å²) in [6.45, 7) is 6.40. The van der Waals surface area contributed by atoms with Gasteiger partial charge in [0.25, 0.3) is 0 Å². The van der Waals surface area contributed by atoms with Crippen molar-refractivity contribution in [3.63, 3.8) is 0 Å². The first-order valence-electron chi connectivity index (χ1n) is 4.53. The minimum Gasteiger partial charge on any atom is -0.339 e. The average Bonchev–Trinajstić information content (AvgIpc) is 2.48. The molecule has 0 aromatic carbocycles. The van der Waals surface area contributed by atoms with Crippen molar-refractivity contribution in [2.75, 3.05) is 0 Å². The molecule has 0 atom stereocenters. The van der Waals surface area contributed by atoms with Gasteiger partial charge in [0.2, 0.25) is 5.89 Å². The standard InChI is InChI=1S/C9H16N2O/c1-4-9-10-8(11-12-9)6-5-7(2)3/h7H,4-6H2,1-3H3. The molecule has 12 heavy (non-hydrogen) atoms. The third-order valence-electron chi connectivity index (χ3n) is 1.76. The van der Waals surface area contributed by atoms with Gasteiger partial charge < -0.3 is 4.52 Å². The minimum atomic E-state index is 0.702. The van der Waals surface area contributed by atoms with Crippen LogP contribution < -0.4 is 0 Å². The Balaban J connectivity index is 2.41. The van der Waals surface area contributed by atoms with Crippen molar-refractivity contribution in [2.45, 2.75) is 40.0 Å². The number of hydrogen-bond donors (Lipinski definition) is 0. The van der Waals surface area contributed by atoms with E-state index >= 15 is 0 Å². The Morgan fingerprint density at radius 3 is 2.67 bits per heavy atom. The van der Waals surface area contributed by atoms with Crippen LogP contribution in [-0.4, -0.2) is 10.1 Å². The highest BCUT2D eigenvalue weighted by molar-refractivity contribution is 4.85. The maximum Gasteiger partial charge on any atom is 0.226 e. The summed E-state index contributed by atoms with van der Waals surface area (Å²) in [7, 11) is 0. The first-order valence-corrected chi connectivity index (χ1v) is 4.53. The van der Waals surface area contributed by atoms with E-state index in [9.17, 15) is 0 Å². The largest absolute Gasteiger partial charge is 0.339 e. The molecule has 1 aromatic heterocycles. The minimum absolute atomic E-state index is 0.702. The van der Waals surface area contributed by atoms with E-state index in [1.54, 1.807) is 0 Å². The molecule has 1 heterocycles. The van der Waals surface area contributed by atoms with Crippen LogP contribution in [0.25, 0.3) is 0 Å². The van der Waals surface area contributed by atoms with Crippen molar-refractivity contribution in [1.82, 2.24) is 10.1 Å². The molecule has 1 aromatic rings. The van der Waals surface area contributed by atoms with Gasteiger partial charge >= 0.3 is 0 Å². The highest BCUT2D eigenvalue weighted by Gasteiger charge is 2.04. The Hall–Kier alpha value is -0.860. The molecule has 0 radical (unpaired) electrons. The lowest BCUT2D eigenvalue weighted by Crippen LogP contribution is -1.94. The second kappa shape index (κ2) is 4.24. The quantitative estimate of drug-likeness (QED) is 0.692. The lowest BCUT2D eigenvalue weighted by molar-refractivity contribution is 0.375. The Morgan fingerprint density at radius 1 is 1.42 bits per heavy atom. The first kappa shape index (κ1) is 9.23. The van der Waals surface area contributed by atoms with Gasteiger partial charge in [-0.15, -0.1) is 0 Å². The summed E-state index contributed by atoms with van der Waals surface area (Å²) in [5.74, 6) is 2.29. The highest BCUT2D eigenvalue weighted by atomic mass is 16.5. The second-order valence-corrected chi connectivity index (χ2v) is 3.39. The van der Waals surface area contributed by atoms with E-state index in [1.165, 1.54) is 0 Å². The fourth-order valence-corrected chi connectivity index (χ4v) is 0.953. The van der Waals surface area contributed by atoms with E-state index in [0.29, 0.717) is 5.92 Å². The predicted octanol–water partition coefficient (Wildman–Crippen LogP) is 2.22. The number of nitrogens with zero attached hydrogens (tertiary/aromatic N) is 2. The molecule has 0 N–H and O–H groups in total. The molecule has 0 amide bonds. The SMILES string of the molecule is CCc1nc(CCC(C)C)no1. The summed E-state index contributed by atoms with van der Waals surface area (Å²) in [5, 5.41) is 3.87. The zero-order chi connectivity index (χ0) is 8.97. The Kier molecular flexibility index (Phi) is 3.26. The van der Waals surface area contributed by atoms with Crippen LogP contribution in [0.3, 0.4) is 0 Å². The topological polar surface area (TPSA) is 38.9 Å². The van der Waals surface area contributed by atoms with Crippen molar-refractivity contribution < 1.29 is 4.52 Å². The third kappa shape index (κ3) is 2.64. The molecule has 0 aliphatic heterocycles. The van der Waals surface area contributed by atoms with Crippen molar-refractivity contribution in [1.29, 1.82) is 0 Å². The van der Waals surface area contributed by atoms with Crippen LogP contribution in [0.15, 0.2) is 4.52 Å². The number of rotatable bonds is 4. The summed E-state index contributed by atoms with van der Waals surface area (Å²) in [6, 6.07) is 0. The van der Waals surface area contributed by atoms with Crippen molar-refractivity contribution in [3.8, 4) is 0 Å². The smallest absolute Gasteiger partial charge is 0.226 e. The molecule has 0 saturated carbocycles. The lowest BCUT2D eigenvalue weighted by atomic mass is 10.1.